The largest absolute Gasteiger partial charge is 0.453 e. The number of amides is 4. The Morgan fingerprint density at radius 2 is 1.45 bits per heavy atom. The summed E-state index contributed by atoms with van der Waals surface area (Å²) >= 11 is 0. The number of carbonyl (C=O) groups is 4. The van der Waals surface area contributed by atoms with Gasteiger partial charge in [0.25, 0.3) is 0 Å². The van der Waals surface area contributed by atoms with Gasteiger partial charge in [-0.05, 0) is 106 Å². The van der Waals surface area contributed by atoms with Crippen LogP contribution in [0.4, 0.5) is 9.59 Å². The number of aryl methyl sites for hydroxylation is 2. The molecular weight excluding hydrogens is 741 g/mol. The molecule has 1 aromatic carbocycles. The summed E-state index contributed by atoms with van der Waals surface area (Å²) in [4.78, 5) is 71.7. The van der Waals surface area contributed by atoms with Crippen LogP contribution in [0.5, 0.6) is 0 Å². The molecule has 0 aliphatic carbocycles. The summed E-state index contributed by atoms with van der Waals surface area (Å²) < 4.78 is 15.0. The number of imidazole rings is 2. The third-order valence-corrected chi connectivity index (χ3v) is 11.7. The van der Waals surface area contributed by atoms with Gasteiger partial charge in [0.1, 0.15) is 23.7 Å². The normalized spacial score (nSPS) is 19.4. The fourth-order valence-electron chi connectivity index (χ4n) is 7.68. The van der Waals surface area contributed by atoms with E-state index in [1.165, 1.54) is 21.3 Å². The van der Waals surface area contributed by atoms with E-state index in [1.807, 2.05) is 25.7 Å². The summed E-state index contributed by atoms with van der Waals surface area (Å²) in [6.45, 7) is 15.0. The number of allylic oxidation sites excluding steroid dienone is 2. The van der Waals surface area contributed by atoms with Crippen LogP contribution in [0.2, 0.25) is 0 Å². The monoisotopic (exact) mass is 800 g/mol. The molecule has 314 valence electrons. The molecule has 5 rings (SSSR count). The molecule has 4 amide bonds. The van der Waals surface area contributed by atoms with Crippen LogP contribution >= 0.6 is 0 Å². The molecule has 2 fully saturated rings. The third-order valence-electron chi connectivity index (χ3n) is 11.7. The molecule has 0 bridgehead atoms. The summed E-state index contributed by atoms with van der Waals surface area (Å²) in [5, 5.41) is 5.38. The predicted molar refractivity (Wildman–Crippen MR) is 221 cm³/mol. The number of hydrogen-bond donors (Lipinski definition) is 4. The van der Waals surface area contributed by atoms with Gasteiger partial charge in [0.05, 0.1) is 50.0 Å². The Bertz CT molecular complexity index is 2020. The van der Waals surface area contributed by atoms with Crippen molar-refractivity contribution in [3.05, 3.63) is 69.7 Å². The predicted octanol–water partition coefficient (Wildman–Crippen LogP) is 6.78. The Balaban J connectivity index is 1.29. The number of carbonyl (C=O) groups excluding carboxylic acids is 4. The van der Waals surface area contributed by atoms with E-state index < -0.39 is 30.4 Å². The van der Waals surface area contributed by atoms with E-state index in [-0.39, 0.29) is 29.8 Å². The van der Waals surface area contributed by atoms with Crippen LogP contribution in [0.3, 0.4) is 0 Å². The van der Waals surface area contributed by atoms with Gasteiger partial charge in [-0.15, -0.1) is 0 Å². The number of nitrogens with zero attached hydrogens (tertiary/aromatic N) is 4. The molecule has 6 atom stereocenters. The van der Waals surface area contributed by atoms with E-state index in [4.69, 9.17) is 24.2 Å². The molecule has 2 aliphatic rings. The third kappa shape index (κ3) is 9.80. The molecule has 4 heterocycles. The fraction of sp³-hybridized carbons (Fsp3) is 0.535. The van der Waals surface area contributed by atoms with E-state index in [0.717, 1.165) is 82.8 Å². The quantitative estimate of drug-likeness (QED) is 0.128. The number of nitrogens with one attached hydrogen (secondary N) is 4. The van der Waals surface area contributed by atoms with Gasteiger partial charge in [0.15, 0.2) is 0 Å². The first-order valence-electron chi connectivity index (χ1n) is 20.1. The van der Waals surface area contributed by atoms with E-state index in [1.54, 1.807) is 18.0 Å². The summed E-state index contributed by atoms with van der Waals surface area (Å²) in [6, 6.07) is 4.21. The average molecular weight is 801 g/mol. The van der Waals surface area contributed by atoms with Crippen LogP contribution < -0.4 is 10.6 Å². The Hall–Kier alpha value is -5.44. The second kappa shape index (κ2) is 19.3. The zero-order valence-electron chi connectivity index (χ0n) is 35.5. The number of likely N-dealkylation sites (tertiary alicyclic amines) is 2. The maximum Gasteiger partial charge on any atom is 0.407 e. The Labute approximate surface area is 341 Å². The molecule has 0 radical (unpaired) electrons. The van der Waals surface area contributed by atoms with Gasteiger partial charge in [0.2, 0.25) is 11.8 Å². The van der Waals surface area contributed by atoms with Crippen LogP contribution in [0.15, 0.2) is 35.5 Å². The van der Waals surface area contributed by atoms with Crippen molar-refractivity contribution in [1.82, 2.24) is 40.4 Å². The van der Waals surface area contributed by atoms with Crippen LogP contribution in [0.25, 0.3) is 23.4 Å². The van der Waals surface area contributed by atoms with E-state index in [0.29, 0.717) is 18.9 Å². The van der Waals surface area contributed by atoms with Crippen LogP contribution in [-0.2, 0) is 23.8 Å². The van der Waals surface area contributed by atoms with Crippen molar-refractivity contribution in [2.24, 2.45) is 5.92 Å². The summed E-state index contributed by atoms with van der Waals surface area (Å²) in [7, 11) is 4.06. The minimum absolute atomic E-state index is 0.0592. The average Bonchev–Trinajstić information content (AvgIpc) is 4.06. The topological polar surface area (TPSA) is 184 Å². The maximum absolute atomic E-state index is 13.8. The second-order valence-corrected chi connectivity index (χ2v) is 15.5. The molecule has 2 aromatic heterocycles. The number of alkyl carbamates (subject to hydrolysis) is 2. The van der Waals surface area contributed by atoms with Crippen LogP contribution in [0.1, 0.15) is 113 Å². The van der Waals surface area contributed by atoms with Crippen LogP contribution in [-0.4, -0.2) is 106 Å². The van der Waals surface area contributed by atoms with E-state index in [2.05, 4.69) is 71.7 Å². The first kappa shape index (κ1) is 43.7. The van der Waals surface area contributed by atoms with Crippen molar-refractivity contribution in [2.75, 3.05) is 34.4 Å². The van der Waals surface area contributed by atoms with Crippen LogP contribution in [0, 0.1) is 19.8 Å². The van der Waals surface area contributed by atoms with Crippen molar-refractivity contribution in [2.45, 2.75) is 111 Å². The lowest BCUT2D eigenvalue weighted by atomic mass is 9.97. The van der Waals surface area contributed by atoms with Gasteiger partial charge in [-0.2, -0.15) is 0 Å². The zero-order valence-corrected chi connectivity index (χ0v) is 35.5. The summed E-state index contributed by atoms with van der Waals surface area (Å²) in [6.07, 6.45) is 8.08. The molecule has 15 heteroatoms. The van der Waals surface area contributed by atoms with Gasteiger partial charge in [-0.3, -0.25) is 9.59 Å². The number of benzene rings is 1. The van der Waals surface area contributed by atoms with Gasteiger partial charge in [-0.1, -0.05) is 38.5 Å². The number of hydrogen-bond acceptors (Lipinski definition) is 9. The SMILES string of the molecule is CCC(C)C(NC(=O)OC)C(=O)N1CCCC1c1nc(/C=C(C)/C(C)=C/c2ccc(-c3cnc(C4CCCN4C(=O)C(NC(=O)OC)C(C)OC)[nH]3)cc2C)c(C)[nH]1. The zero-order chi connectivity index (χ0) is 42.3. The summed E-state index contributed by atoms with van der Waals surface area (Å²) in [5.74, 6) is 1.00. The second-order valence-electron chi connectivity index (χ2n) is 15.5. The highest BCUT2D eigenvalue weighted by Gasteiger charge is 2.40. The van der Waals surface area contributed by atoms with Crippen molar-refractivity contribution in [3.8, 4) is 11.3 Å². The van der Waals surface area contributed by atoms with E-state index in [9.17, 15) is 19.2 Å². The molecule has 58 heavy (non-hydrogen) atoms. The minimum Gasteiger partial charge on any atom is -0.453 e. The highest BCUT2D eigenvalue weighted by Crippen LogP contribution is 2.35. The lowest BCUT2D eigenvalue weighted by Crippen LogP contribution is -2.54. The highest BCUT2D eigenvalue weighted by molar-refractivity contribution is 5.87. The molecular formula is C43H60N8O7. The van der Waals surface area contributed by atoms with Crippen molar-refractivity contribution >= 4 is 36.2 Å². The fourth-order valence-corrected chi connectivity index (χ4v) is 7.68. The number of ether oxygens (including phenoxy) is 3. The first-order chi connectivity index (χ1) is 27.7. The van der Waals surface area contributed by atoms with Crippen molar-refractivity contribution in [1.29, 1.82) is 0 Å². The standard InChI is InChI=1S/C43H60N8O7/c1-11-24(2)36(48-42(54)57-9)40(52)51-19-13-15-35(51)39-45-28(6)32(46-39)22-26(4)25(3)20-30-16-17-31(21-27(30)5)33-23-44-38(47-33)34-14-12-18-50(34)41(53)37(29(7)56-8)49-43(55)58-10/h16-17,20-24,29,34-37H,11-15,18-19H2,1-10H3,(H,44,47)(H,45,46)(H,48,54)(H,49,55)/b25-20+,26-22+. The number of H-pyrrole nitrogens is 2. The minimum atomic E-state index is -0.898. The Morgan fingerprint density at radius 1 is 0.862 bits per heavy atom. The number of rotatable bonds is 14. The van der Waals surface area contributed by atoms with Crippen molar-refractivity contribution in [3.63, 3.8) is 0 Å². The molecule has 2 saturated heterocycles. The first-order valence-corrected chi connectivity index (χ1v) is 20.1. The Kier molecular flexibility index (Phi) is 14.6. The Morgan fingerprint density at radius 3 is 2.03 bits per heavy atom. The number of methoxy groups -OCH3 is 3. The molecule has 0 saturated carbocycles. The molecule has 4 N–H and O–H groups in total. The number of aromatic nitrogens is 4. The maximum atomic E-state index is 13.8. The summed E-state index contributed by atoms with van der Waals surface area (Å²) in [5.41, 5.74) is 7.86. The lowest BCUT2D eigenvalue weighted by molar-refractivity contribution is -0.137. The molecule has 6 unspecified atom stereocenters. The smallest absolute Gasteiger partial charge is 0.407 e. The van der Waals surface area contributed by atoms with Gasteiger partial charge in [0, 0.05) is 25.9 Å². The lowest BCUT2D eigenvalue weighted by Gasteiger charge is -2.30. The van der Waals surface area contributed by atoms with Gasteiger partial charge >= 0.3 is 12.2 Å². The molecule has 15 nitrogen and oxygen atoms in total. The molecule has 3 aromatic rings. The van der Waals surface area contributed by atoms with Crippen molar-refractivity contribution < 1.29 is 33.4 Å². The van der Waals surface area contributed by atoms with Gasteiger partial charge in [-0.25, -0.2) is 19.6 Å². The molecule has 0 spiro atoms. The molecule has 2 aliphatic heterocycles. The number of aromatic amines is 2. The van der Waals surface area contributed by atoms with E-state index >= 15 is 0 Å². The highest BCUT2D eigenvalue weighted by atomic mass is 16.5. The van der Waals surface area contributed by atoms with Gasteiger partial charge < -0.3 is 44.6 Å².